The van der Waals surface area contributed by atoms with E-state index in [4.69, 9.17) is 35.5 Å². The van der Waals surface area contributed by atoms with Crippen LogP contribution in [0.15, 0.2) is 30.3 Å². The first-order valence-corrected chi connectivity index (χ1v) is 13.3. The van der Waals surface area contributed by atoms with E-state index in [-0.39, 0.29) is 30.5 Å². The van der Waals surface area contributed by atoms with Gasteiger partial charge >= 0.3 is 6.09 Å². The van der Waals surface area contributed by atoms with E-state index in [0.29, 0.717) is 60.1 Å². The summed E-state index contributed by atoms with van der Waals surface area (Å²) in [7, 11) is 0. The number of aromatic nitrogens is 3. The smallest absolute Gasteiger partial charge is 0.410 e. The van der Waals surface area contributed by atoms with Crippen molar-refractivity contribution in [3.05, 3.63) is 40.9 Å². The molecule has 10 heteroatoms. The lowest BCUT2D eigenvalue weighted by atomic mass is 9.89. The monoisotopic (exact) mass is 526 g/mol. The Bertz CT molecular complexity index is 1270. The van der Waals surface area contributed by atoms with Crippen molar-refractivity contribution in [3.63, 3.8) is 0 Å². The molecule has 0 bridgehead atoms. The van der Waals surface area contributed by atoms with Crippen LogP contribution in [0, 0.1) is 0 Å². The van der Waals surface area contributed by atoms with E-state index < -0.39 is 0 Å². The van der Waals surface area contributed by atoms with Crippen LogP contribution < -0.4 is 4.74 Å². The maximum atomic E-state index is 12.2. The van der Waals surface area contributed by atoms with Crippen LogP contribution in [0.25, 0.3) is 22.4 Å². The van der Waals surface area contributed by atoms with E-state index in [2.05, 4.69) is 22.1 Å². The molecule has 9 nitrogen and oxygen atoms in total. The molecule has 1 amide bonds. The van der Waals surface area contributed by atoms with E-state index >= 15 is 0 Å². The topological polar surface area (TPSA) is 98.8 Å². The highest BCUT2D eigenvalue weighted by Crippen LogP contribution is 2.34. The summed E-state index contributed by atoms with van der Waals surface area (Å²) in [6.07, 6.45) is 2.25. The maximum absolute atomic E-state index is 12.2. The van der Waals surface area contributed by atoms with Gasteiger partial charge in [-0.05, 0) is 50.7 Å². The molecule has 1 aromatic carbocycles. The number of hydrogen-bond acceptors (Lipinski definition) is 7. The van der Waals surface area contributed by atoms with Gasteiger partial charge in [0.15, 0.2) is 11.8 Å². The number of imidazole rings is 1. The number of piperidine rings is 1. The van der Waals surface area contributed by atoms with Gasteiger partial charge in [-0.25, -0.2) is 9.78 Å². The van der Waals surface area contributed by atoms with Gasteiger partial charge in [-0.15, -0.1) is 0 Å². The second-order valence-corrected chi connectivity index (χ2v) is 10.6. The SMILES string of the molecule is CC(C)OC(=O)N1CCC(c2ccc(-c3nc4nc(OC5CO[C@@H]6CCO[C@H]56)[nH]c4cc3Cl)cc2)CC1. The number of rotatable bonds is 5. The largest absolute Gasteiger partial charge is 0.456 e. The molecule has 196 valence electrons. The first-order chi connectivity index (χ1) is 17.9. The Morgan fingerprint density at radius 2 is 1.92 bits per heavy atom. The second-order valence-electron chi connectivity index (χ2n) is 10.2. The number of pyridine rings is 1. The van der Waals surface area contributed by atoms with E-state index in [1.54, 1.807) is 4.90 Å². The van der Waals surface area contributed by atoms with Crippen molar-refractivity contribution in [1.29, 1.82) is 0 Å². The molecule has 3 aromatic rings. The summed E-state index contributed by atoms with van der Waals surface area (Å²) in [5.74, 6) is 0.400. The van der Waals surface area contributed by atoms with Crippen molar-refractivity contribution in [2.75, 3.05) is 26.3 Å². The predicted molar refractivity (Wildman–Crippen MR) is 138 cm³/mol. The summed E-state index contributed by atoms with van der Waals surface area (Å²) >= 11 is 6.62. The predicted octanol–water partition coefficient (Wildman–Crippen LogP) is 4.94. The number of likely N-dealkylation sites (tertiary alicyclic amines) is 1. The average Bonchev–Trinajstić information content (AvgIpc) is 3.60. The van der Waals surface area contributed by atoms with Crippen LogP contribution in [0.4, 0.5) is 4.79 Å². The van der Waals surface area contributed by atoms with E-state index in [1.807, 2.05) is 32.0 Å². The average molecular weight is 527 g/mol. The van der Waals surface area contributed by atoms with Gasteiger partial charge in [0.2, 0.25) is 0 Å². The highest BCUT2D eigenvalue weighted by molar-refractivity contribution is 6.33. The normalized spacial score (nSPS) is 24.1. The number of ether oxygens (including phenoxy) is 4. The fourth-order valence-corrected chi connectivity index (χ4v) is 5.67. The standard InChI is InChI=1S/C27H31ClN4O5/c1-15(2)36-27(33)32-10-7-17(8-11-32)16-3-5-18(6-4-16)23-19(28)13-20-25(30-23)31-26(29-20)37-22-14-35-21-9-12-34-24(21)22/h3-6,13,15,17,21-22,24H,7-12,14H2,1-2H3,(H,29,30,31)/t21-,22?,24+/m1/s1. The molecule has 6 rings (SSSR count). The van der Waals surface area contributed by atoms with Crippen molar-refractivity contribution in [2.45, 2.75) is 63.4 Å². The molecule has 3 aliphatic rings. The summed E-state index contributed by atoms with van der Waals surface area (Å²) in [5.41, 5.74) is 4.10. The number of benzene rings is 1. The Labute approximate surface area is 220 Å². The molecule has 5 heterocycles. The third kappa shape index (κ3) is 5.00. The Balaban J connectivity index is 1.13. The lowest BCUT2D eigenvalue weighted by Crippen LogP contribution is -2.39. The number of aromatic amines is 1. The van der Waals surface area contributed by atoms with E-state index in [1.165, 1.54) is 5.56 Å². The van der Waals surface area contributed by atoms with Crippen molar-refractivity contribution in [3.8, 4) is 17.3 Å². The zero-order valence-corrected chi connectivity index (χ0v) is 21.7. The first kappa shape index (κ1) is 24.5. The summed E-state index contributed by atoms with van der Waals surface area (Å²) in [6, 6.07) is 10.6. The minimum Gasteiger partial charge on any atom is -0.456 e. The highest BCUT2D eigenvalue weighted by Gasteiger charge is 2.43. The van der Waals surface area contributed by atoms with Gasteiger partial charge in [0.05, 0.1) is 35.0 Å². The summed E-state index contributed by atoms with van der Waals surface area (Å²) in [4.78, 5) is 26.4. The highest BCUT2D eigenvalue weighted by atomic mass is 35.5. The number of H-pyrrole nitrogens is 1. The molecule has 1 unspecified atom stereocenters. The van der Waals surface area contributed by atoms with Crippen LogP contribution >= 0.6 is 11.6 Å². The zero-order chi connectivity index (χ0) is 25.5. The van der Waals surface area contributed by atoms with Crippen LogP contribution in [0.2, 0.25) is 5.02 Å². The van der Waals surface area contributed by atoms with Gasteiger partial charge in [-0.1, -0.05) is 35.9 Å². The summed E-state index contributed by atoms with van der Waals surface area (Å²) in [5, 5.41) is 0.538. The van der Waals surface area contributed by atoms with Crippen molar-refractivity contribution >= 4 is 28.9 Å². The summed E-state index contributed by atoms with van der Waals surface area (Å²) < 4.78 is 22.9. The zero-order valence-electron chi connectivity index (χ0n) is 21.0. The van der Waals surface area contributed by atoms with Gasteiger partial charge in [0, 0.05) is 25.3 Å². The number of amides is 1. The molecule has 0 saturated carbocycles. The number of carbonyl (C=O) groups is 1. The number of carbonyl (C=O) groups excluding carboxylic acids is 1. The minimum atomic E-state index is -0.223. The molecule has 3 atom stereocenters. The fourth-order valence-electron chi connectivity index (χ4n) is 5.41. The van der Waals surface area contributed by atoms with Crippen LogP contribution in [-0.4, -0.2) is 76.7 Å². The van der Waals surface area contributed by atoms with E-state index in [9.17, 15) is 4.79 Å². The van der Waals surface area contributed by atoms with Crippen LogP contribution in [0.3, 0.4) is 0 Å². The second kappa shape index (κ2) is 10.1. The molecule has 3 fully saturated rings. The van der Waals surface area contributed by atoms with Crippen molar-refractivity contribution < 1.29 is 23.7 Å². The number of nitrogens with one attached hydrogen (secondary N) is 1. The maximum Gasteiger partial charge on any atom is 0.410 e. The molecule has 0 aliphatic carbocycles. The Hall–Kier alpha value is -2.88. The third-order valence-electron chi connectivity index (χ3n) is 7.33. The van der Waals surface area contributed by atoms with Gasteiger partial charge in [0.1, 0.15) is 6.10 Å². The molecule has 1 N–H and O–H groups in total. The molecule has 0 spiro atoms. The fraction of sp³-hybridized carbons (Fsp3) is 0.519. The third-order valence-corrected chi connectivity index (χ3v) is 7.62. The number of hydrogen-bond donors (Lipinski definition) is 1. The van der Waals surface area contributed by atoms with Crippen LogP contribution in [0.1, 0.15) is 44.6 Å². The minimum absolute atomic E-state index is 0.0556. The molecule has 3 saturated heterocycles. The van der Waals surface area contributed by atoms with Gasteiger partial charge in [-0.3, -0.25) is 0 Å². The Morgan fingerprint density at radius 3 is 2.68 bits per heavy atom. The Kier molecular flexibility index (Phi) is 6.69. The lowest BCUT2D eigenvalue weighted by molar-refractivity contribution is 0.0273. The quantitative estimate of drug-likeness (QED) is 0.503. The molecule has 0 radical (unpaired) electrons. The Morgan fingerprint density at radius 1 is 1.14 bits per heavy atom. The molecular formula is C27H31ClN4O5. The molecular weight excluding hydrogens is 496 g/mol. The number of nitrogens with zero attached hydrogens (tertiary/aromatic N) is 3. The van der Waals surface area contributed by atoms with Gasteiger partial charge in [0.25, 0.3) is 6.01 Å². The van der Waals surface area contributed by atoms with Crippen LogP contribution in [-0.2, 0) is 14.2 Å². The molecule has 3 aliphatic heterocycles. The lowest BCUT2D eigenvalue weighted by Gasteiger charge is -2.32. The van der Waals surface area contributed by atoms with Gasteiger partial charge < -0.3 is 28.8 Å². The molecule has 37 heavy (non-hydrogen) atoms. The summed E-state index contributed by atoms with van der Waals surface area (Å²) in [6.45, 7) is 6.32. The first-order valence-electron chi connectivity index (χ1n) is 13.0. The number of halogens is 1. The van der Waals surface area contributed by atoms with E-state index in [0.717, 1.165) is 24.8 Å². The van der Waals surface area contributed by atoms with Crippen molar-refractivity contribution in [2.24, 2.45) is 0 Å². The van der Waals surface area contributed by atoms with Crippen LogP contribution in [0.5, 0.6) is 6.01 Å². The number of fused-ring (bicyclic) bond motifs is 2. The molecule has 2 aromatic heterocycles. The van der Waals surface area contributed by atoms with Gasteiger partial charge in [-0.2, -0.15) is 4.98 Å². The van der Waals surface area contributed by atoms with Crippen molar-refractivity contribution in [1.82, 2.24) is 19.9 Å².